The van der Waals surface area contributed by atoms with Gasteiger partial charge in [-0.3, -0.25) is 0 Å². The van der Waals surface area contributed by atoms with Crippen molar-refractivity contribution in [3.8, 4) is 0 Å². The average Bonchev–Trinajstić information content (AvgIpc) is 2.41. The average molecular weight is 224 g/mol. The van der Waals surface area contributed by atoms with Crippen LogP contribution in [0.5, 0.6) is 0 Å². The molecule has 0 fully saturated rings. The molecule has 0 amide bonds. The van der Waals surface area contributed by atoms with Crippen LogP contribution in [0, 0.1) is 5.53 Å². The zero-order valence-corrected chi connectivity index (χ0v) is 9.88. The zero-order valence-electron chi connectivity index (χ0n) is 9.88. The van der Waals surface area contributed by atoms with Crippen molar-refractivity contribution >= 4 is 0 Å². The predicted octanol–water partition coefficient (Wildman–Crippen LogP) is 4.24. The molecule has 0 saturated carbocycles. The monoisotopic (exact) mass is 224 g/mol. The Morgan fingerprint density at radius 1 is 0.824 bits per heavy atom. The molecule has 1 unspecified atom stereocenters. The van der Waals surface area contributed by atoms with Crippen LogP contribution < -0.4 is 0 Å². The van der Waals surface area contributed by atoms with Crippen molar-refractivity contribution in [2.75, 3.05) is 0 Å². The molecule has 86 valence electrons. The van der Waals surface area contributed by atoms with Crippen molar-refractivity contribution < 1.29 is 0 Å². The molecule has 2 rings (SSSR count). The van der Waals surface area contributed by atoms with E-state index >= 15 is 0 Å². The Labute approximate surface area is 102 Å². The molecule has 0 saturated heterocycles. The third-order valence-electron chi connectivity index (χ3n) is 3.00. The molecule has 1 N–H and O–H groups in total. The number of hydrogen-bond donors (Lipinski definition) is 1. The molecule has 0 aliphatic carbocycles. The highest BCUT2D eigenvalue weighted by atomic mass is 15.0. The van der Waals surface area contributed by atoms with Gasteiger partial charge >= 0.3 is 0 Å². The van der Waals surface area contributed by atoms with E-state index in [2.05, 4.69) is 29.4 Å². The molecule has 0 bridgehead atoms. The van der Waals surface area contributed by atoms with E-state index in [1.165, 1.54) is 11.1 Å². The van der Waals surface area contributed by atoms with Crippen molar-refractivity contribution in [1.29, 1.82) is 5.53 Å². The number of rotatable bonds is 4. The van der Waals surface area contributed by atoms with Crippen LogP contribution in [0.2, 0.25) is 0 Å². The lowest BCUT2D eigenvalue weighted by atomic mass is 9.86. The summed E-state index contributed by atoms with van der Waals surface area (Å²) in [5.41, 5.74) is 9.68. The summed E-state index contributed by atoms with van der Waals surface area (Å²) in [6.45, 7) is 1.98. The Balaban J connectivity index is 2.43. The highest BCUT2D eigenvalue weighted by Crippen LogP contribution is 2.29. The lowest BCUT2D eigenvalue weighted by molar-refractivity contribution is 0.604. The van der Waals surface area contributed by atoms with Gasteiger partial charge in [-0.25, -0.2) is 5.53 Å². The fraction of sp³-hybridized carbons (Fsp3) is 0.200. The first kappa shape index (κ1) is 11.5. The summed E-state index contributed by atoms with van der Waals surface area (Å²) in [4.78, 5) is 0. The summed E-state index contributed by atoms with van der Waals surface area (Å²) in [5, 5.41) is 3.69. The van der Waals surface area contributed by atoms with Crippen LogP contribution in [0.3, 0.4) is 0 Å². The maximum atomic E-state index is 7.26. The van der Waals surface area contributed by atoms with Crippen LogP contribution in [0.15, 0.2) is 65.8 Å². The van der Waals surface area contributed by atoms with Gasteiger partial charge in [0.2, 0.25) is 0 Å². The Bertz CT molecular complexity index is 425. The third kappa shape index (κ3) is 2.59. The summed E-state index contributed by atoms with van der Waals surface area (Å²) in [5.74, 6) is 0.162. The topological polar surface area (TPSA) is 36.2 Å². The Kier molecular flexibility index (Phi) is 3.66. The summed E-state index contributed by atoms with van der Waals surface area (Å²) in [6, 6.07) is 20.5. The molecule has 0 aromatic heterocycles. The molecule has 17 heavy (non-hydrogen) atoms. The maximum Gasteiger partial charge on any atom is 0.0786 e. The second kappa shape index (κ2) is 5.39. The largest absolute Gasteiger partial charge is 0.210 e. The van der Waals surface area contributed by atoms with Crippen LogP contribution in [0.1, 0.15) is 24.0 Å². The Morgan fingerprint density at radius 2 is 1.24 bits per heavy atom. The van der Waals surface area contributed by atoms with Gasteiger partial charge in [0.1, 0.15) is 0 Å². The van der Waals surface area contributed by atoms with Gasteiger partial charge in [0.05, 0.1) is 6.04 Å². The highest BCUT2D eigenvalue weighted by Gasteiger charge is 2.20. The Morgan fingerprint density at radius 3 is 1.59 bits per heavy atom. The maximum absolute atomic E-state index is 7.26. The fourth-order valence-corrected chi connectivity index (χ4v) is 2.14. The highest BCUT2D eigenvalue weighted by molar-refractivity contribution is 5.33. The van der Waals surface area contributed by atoms with Crippen LogP contribution in [0.4, 0.5) is 0 Å². The quantitative estimate of drug-likeness (QED) is 0.754. The van der Waals surface area contributed by atoms with E-state index in [1.807, 2.05) is 43.3 Å². The van der Waals surface area contributed by atoms with Crippen molar-refractivity contribution in [1.82, 2.24) is 0 Å². The number of benzene rings is 2. The summed E-state index contributed by atoms with van der Waals surface area (Å²) >= 11 is 0. The lowest BCUT2D eigenvalue weighted by Gasteiger charge is -2.20. The molecule has 2 heteroatoms. The minimum Gasteiger partial charge on any atom is -0.210 e. The normalized spacial score (nSPS) is 12.4. The van der Waals surface area contributed by atoms with Gasteiger partial charge in [-0.2, -0.15) is 5.11 Å². The molecular formula is C15H16N2. The van der Waals surface area contributed by atoms with Crippen molar-refractivity contribution in [3.05, 3.63) is 71.8 Å². The van der Waals surface area contributed by atoms with Gasteiger partial charge in [-0.15, -0.1) is 0 Å². The number of nitrogens with one attached hydrogen (secondary N) is 1. The molecule has 2 aromatic carbocycles. The van der Waals surface area contributed by atoms with Crippen LogP contribution in [0.25, 0.3) is 0 Å². The van der Waals surface area contributed by atoms with E-state index < -0.39 is 0 Å². The SMILES string of the molecule is CC(N=N)C(c1ccccc1)c1ccccc1. The van der Waals surface area contributed by atoms with Crippen molar-refractivity contribution in [2.45, 2.75) is 18.9 Å². The molecule has 2 nitrogen and oxygen atoms in total. The summed E-state index contributed by atoms with van der Waals surface area (Å²) in [7, 11) is 0. The van der Waals surface area contributed by atoms with Crippen LogP contribution in [-0.4, -0.2) is 6.04 Å². The minimum atomic E-state index is -0.0419. The summed E-state index contributed by atoms with van der Waals surface area (Å²) < 4.78 is 0. The first-order valence-electron chi connectivity index (χ1n) is 5.79. The number of nitrogens with zero attached hydrogens (tertiary/aromatic N) is 1. The van der Waals surface area contributed by atoms with Crippen molar-refractivity contribution in [3.63, 3.8) is 0 Å². The van der Waals surface area contributed by atoms with Gasteiger partial charge in [0, 0.05) is 5.92 Å². The third-order valence-corrected chi connectivity index (χ3v) is 3.00. The van der Waals surface area contributed by atoms with Crippen LogP contribution >= 0.6 is 0 Å². The van der Waals surface area contributed by atoms with Crippen LogP contribution in [-0.2, 0) is 0 Å². The van der Waals surface area contributed by atoms with E-state index in [-0.39, 0.29) is 12.0 Å². The molecule has 0 aliphatic rings. The molecule has 0 spiro atoms. The zero-order chi connectivity index (χ0) is 12.1. The molecule has 1 atom stereocenters. The number of hydrogen-bond acceptors (Lipinski definition) is 2. The van der Waals surface area contributed by atoms with Gasteiger partial charge in [-0.05, 0) is 18.1 Å². The fourth-order valence-electron chi connectivity index (χ4n) is 2.14. The molecule has 2 aromatic rings. The molecule has 0 heterocycles. The molecular weight excluding hydrogens is 208 g/mol. The smallest absolute Gasteiger partial charge is 0.0786 e. The minimum absolute atomic E-state index is 0.0419. The van der Waals surface area contributed by atoms with E-state index in [4.69, 9.17) is 5.53 Å². The van der Waals surface area contributed by atoms with E-state index in [9.17, 15) is 0 Å². The predicted molar refractivity (Wildman–Crippen MR) is 69.3 cm³/mol. The van der Waals surface area contributed by atoms with E-state index in [1.54, 1.807) is 0 Å². The standard InChI is InChI=1S/C15H16N2/c1-12(17-16)15(13-8-4-2-5-9-13)14-10-6-3-7-11-14/h2-12,15-16H,1H3. The van der Waals surface area contributed by atoms with Gasteiger partial charge in [-0.1, -0.05) is 60.7 Å². The molecule has 0 aliphatic heterocycles. The lowest BCUT2D eigenvalue weighted by Crippen LogP contribution is -2.14. The second-order valence-electron chi connectivity index (χ2n) is 4.17. The van der Waals surface area contributed by atoms with E-state index in [0.717, 1.165) is 0 Å². The molecule has 0 radical (unpaired) electrons. The Hall–Kier alpha value is -1.96. The van der Waals surface area contributed by atoms with E-state index in [0.29, 0.717) is 0 Å². The van der Waals surface area contributed by atoms with Gasteiger partial charge in [0.25, 0.3) is 0 Å². The van der Waals surface area contributed by atoms with Gasteiger partial charge in [0.15, 0.2) is 0 Å². The van der Waals surface area contributed by atoms with Crippen molar-refractivity contribution in [2.24, 2.45) is 5.11 Å². The first-order chi connectivity index (χ1) is 8.33. The second-order valence-corrected chi connectivity index (χ2v) is 4.17. The first-order valence-corrected chi connectivity index (χ1v) is 5.79. The van der Waals surface area contributed by atoms with Gasteiger partial charge < -0.3 is 0 Å². The summed E-state index contributed by atoms with van der Waals surface area (Å²) in [6.07, 6.45) is 0.